The second-order valence-electron chi connectivity index (χ2n) is 3.85. The van der Waals surface area contributed by atoms with Gasteiger partial charge in [0.25, 0.3) is 0 Å². The average Bonchev–Trinajstić information content (AvgIpc) is 3.00. The molecule has 1 aliphatic rings. The standard InChI is InChI=1S/C11H13FO2S/c1-2-8-3-4-10(7-11(8)12)15(13,14)9-5-6-9/h3-4,7,9H,2,5-6H2,1H3. The zero-order valence-corrected chi connectivity index (χ0v) is 9.35. The minimum atomic E-state index is -3.25. The van der Waals surface area contributed by atoms with Gasteiger partial charge in [0.1, 0.15) is 5.82 Å². The molecule has 1 fully saturated rings. The summed E-state index contributed by atoms with van der Waals surface area (Å²) in [5.74, 6) is -0.417. The lowest BCUT2D eigenvalue weighted by atomic mass is 10.2. The molecular formula is C11H13FO2S. The largest absolute Gasteiger partial charge is 0.223 e. The molecule has 0 radical (unpaired) electrons. The van der Waals surface area contributed by atoms with Crippen LogP contribution in [0.3, 0.4) is 0 Å². The van der Waals surface area contributed by atoms with Crippen LogP contribution in [-0.4, -0.2) is 13.7 Å². The second-order valence-corrected chi connectivity index (χ2v) is 6.08. The molecular weight excluding hydrogens is 215 g/mol. The number of aryl methyl sites for hydroxylation is 1. The van der Waals surface area contributed by atoms with E-state index in [1.807, 2.05) is 6.92 Å². The van der Waals surface area contributed by atoms with Crippen LogP contribution in [0.1, 0.15) is 25.3 Å². The maximum atomic E-state index is 13.4. The molecule has 0 bridgehead atoms. The van der Waals surface area contributed by atoms with E-state index in [-0.39, 0.29) is 10.1 Å². The second kappa shape index (κ2) is 3.59. The summed E-state index contributed by atoms with van der Waals surface area (Å²) in [7, 11) is -3.25. The van der Waals surface area contributed by atoms with Crippen LogP contribution in [0, 0.1) is 5.82 Å². The van der Waals surface area contributed by atoms with Crippen molar-refractivity contribution >= 4 is 9.84 Å². The Morgan fingerprint density at radius 1 is 1.40 bits per heavy atom. The van der Waals surface area contributed by atoms with Crippen molar-refractivity contribution in [1.29, 1.82) is 0 Å². The topological polar surface area (TPSA) is 34.1 Å². The molecule has 15 heavy (non-hydrogen) atoms. The Labute approximate surface area is 89.0 Å². The molecule has 4 heteroatoms. The fourth-order valence-electron chi connectivity index (χ4n) is 1.56. The van der Waals surface area contributed by atoms with Crippen molar-refractivity contribution in [3.8, 4) is 0 Å². The van der Waals surface area contributed by atoms with Gasteiger partial charge in [-0.05, 0) is 37.0 Å². The third-order valence-electron chi connectivity index (χ3n) is 2.70. The lowest BCUT2D eigenvalue weighted by molar-refractivity contribution is 0.586. The van der Waals surface area contributed by atoms with Gasteiger partial charge in [-0.25, -0.2) is 12.8 Å². The Kier molecular flexibility index (Phi) is 2.54. The van der Waals surface area contributed by atoms with E-state index in [2.05, 4.69) is 0 Å². The van der Waals surface area contributed by atoms with Gasteiger partial charge >= 0.3 is 0 Å². The maximum Gasteiger partial charge on any atom is 0.181 e. The Hall–Kier alpha value is -0.900. The molecule has 82 valence electrons. The minimum absolute atomic E-state index is 0.125. The molecule has 0 unspecified atom stereocenters. The van der Waals surface area contributed by atoms with Crippen LogP contribution in [-0.2, 0) is 16.3 Å². The van der Waals surface area contributed by atoms with Gasteiger partial charge in [-0.3, -0.25) is 0 Å². The molecule has 0 saturated heterocycles. The molecule has 2 rings (SSSR count). The normalized spacial score (nSPS) is 16.7. The highest BCUT2D eigenvalue weighted by Gasteiger charge is 2.37. The SMILES string of the molecule is CCc1ccc(S(=O)(=O)C2CC2)cc1F. The highest BCUT2D eigenvalue weighted by atomic mass is 32.2. The summed E-state index contributed by atoms with van der Waals surface area (Å²) in [6.45, 7) is 1.84. The first-order chi connectivity index (χ1) is 7.05. The van der Waals surface area contributed by atoms with Gasteiger partial charge in [0.2, 0.25) is 0 Å². The summed E-state index contributed by atoms with van der Waals surface area (Å²) in [5, 5.41) is -0.274. The average molecular weight is 228 g/mol. The van der Waals surface area contributed by atoms with E-state index in [1.54, 1.807) is 6.07 Å². The smallest absolute Gasteiger partial charge is 0.181 e. The monoisotopic (exact) mass is 228 g/mol. The fourth-order valence-corrected chi connectivity index (χ4v) is 3.23. The van der Waals surface area contributed by atoms with Crippen LogP contribution < -0.4 is 0 Å². The van der Waals surface area contributed by atoms with Gasteiger partial charge in [0, 0.05) is 0 Å². The lowest BCUT2D eigenvalue weighted by Crippen LogP contribution is -2.07. The molecule has 0 amide bonds. The van der Waals surface area contributed by atoms with Gasteiger partial charge in [-0.15, -0.1) is 0 Å². The summed E-state index contributed by atoms with van der Waals surface area (Å²) in [4.78, 5) is 0.125. The molecule has 2 nitrogen and oxygen atoms in total. The minimum Gasteiger partial charge on any atom is -0.223 e. The number of benzene rings is 1. The molecule has 0 N–H and O–H groups in total. The van der Waals surface area contributed by atoms with Crippen LogP contribution >= 0.6 is 0 Å². The molecule has 1 aromatic rings. The quantitative estimate of drug-likeness (QED) is 0.795. The van der Waals surface area contributed by atoms with E-state index in [0.29, 0.717) is 24.8 Å². The van der Waals surface area contributed by atoms with Crippen LogP contribution in [0.15, 0.2) is 23.1 Å². The predicted octanol–water partition coefficient (Wildman–Crippen LogP) is 2.32. The van der Waals surface area contributed by atoms with Crippen LogP contribution in [0.2, 0.25) is 0 Å². The first-order valence-electron chi connectivity index (χ1n) is 5.08. The molecule has 0 spiro atoms. The zero-order valence-electron chi connectivity index (χ0n) is 8.53. The third kappa shape index (κ3) is 1.91. The van der Waals surface area contributed by atoms with E-state index < -0.39 is 15.7 Å². The molecule has 0 heterocycles. The predicted molar refractivity (Wildman–Crippen MR) is 56.0 cm³/mol. The highest BCUT2D eigenvalue weighted by molar-refractivity contribution is 7.92. The van der Waals surface area contributed by atoms with Gasteiger partial charge in [0.15, 0.2) is 9.84 Å². The zero-order chi connectivity index (χ0) is 11.1. The summed E-state index contributed by atoms with van der Waals surface area (Å²) >= 11 is 0. The highest BCUT2D eigenvalue weighted by Crippen LogP contribution is 2.33. The lowest BCUT2D eigenvalue weighted by Gasteiger charge is -2.04. The van der Waals surface area contributed by atoms with E-state index in [4.69, 9.17) is 0 Å². The van der Waals surface area contributed by atoms with Crippen molar-refractivity contribution in [3.05, 3.63) is 29.6 Å². The fraction of sp³-hybridized carbons (Fsp3) is 0.455. The number of halogens is 1. The molecule has 0 aromatic heterocycles. The van der Waals surface area contributed by atoms with Crippen LogP contribution in [0.4, 0.5) is 4.39 Å². The molecule has 1 saturated carbocycles. The maximum absolute atomic E-state index is 13.4. The molecule has 0 aliphatic heterocycles. The van der Waals surface area contributed by atoms with Crippen molar-refractivity contribution in [3.63, 3.8) is 0 Å². The van der Waals surface area contributed by atoms with E-state index in [0.717, 1.165) is 6.07 Å². The third-order valence-corrected chi connectivity index (χ3v) is 4.96. The van der Waals surface area contributed by atoms with Gasteiger partial charge in [-0.2, -0.15) is 0 Å². The summed E-state index contributed by atoms with van der Waals surface area (Å²) in [6.07, 6.45) is 1.99. The Balaban J connectivity index is 2.42. The van der Waals surface area contributed by atoms with E-state index in [1.165, 1.54) is 6.07 Å². The summed E-state index contributed by atoms with van der Waals surface area (Å²) in [6, 6.07) is 4.21. The van der Waals surface area contributed by atoms with Crippen molar-refractivity contribution in [1.82, 2.24) is 0 Å². The number of hydrogen-bond donors (Lipinski definition) is 0. The Bertz CT molecular complexity index is 475. The molecule has 1 aromatic carbocycles. The van der Waals surface area contributed by atoms with Gasteiger partial charge in [-0.1, -0.05) is 13.0 Å². The van der Waals surface area contributed by atoms with Crippen molar-refractivity contribution in [2.45, 2.75) is 36.3 Å². The van der Waals surface area contributed by atoms with Gasteiger partial charge < -0.3 is 0 Å². The van der Waals surface area contributed by atoms with E-state index >= 15 is 0 Å². The summed E-state index contributed by atoms with van der Waals surface area (Å²) < 4.78 is 37.0. The molecule has 0 atom stereocenters. The Morgan fingerprint density at radius 3 is 2.53 bits per heavy atom. The first-order valence-corrected chi connectivity index (χ1v) is 6.62. The van der Waals surface area contributed by atoms with Crippen LogP contribution in [0.25, 0.3) is 0 Å². The van der Waals surface area contributed by atoms with Crippen molar-refractivity contribution in [2.75, 3.05) is 0 Å². The first kappa shape index (κ1) is 10.6. The number of hydrogen-bond acceptors (Lipinski definition) is 2. The van der Waals surface area contributed by atoms with Gasteiger partial charge in [0.05, 0.1) is 10.1 Å². The van der Waals surface area contributed by atoms with Crippen molar-refractivity contribution in [2.24, 2.45) is 0 Å². The number of rotatable bonds is 3. The van der Waals surface area contributed by atoms with E-state index in [9.17, 15) is 12.8 Å². The van der Waals surface area contributed by atoms with Crippen LogP contribution in [0.5, 0.6) is 0 Å². The number of sulfone groups is 1. The van der Waals surface area contributed by atoms with Crippen molar-refractivity contribution < 1.29 is 12.8 Å². The Morgan fingerprint density at radius 2 is 2.07 bits per heavy atom. The summed E-state index contributed by atoms with van der Waals surface area (Å²) in [5.41, 5.74) is 0.560. The molecule has 1 aliphatic carbocycles.